The Kier molecular flexibility index (Phi) is 6.92. The van der Waals surface area contributed by atoms with E-state index in [1.54, 1.807) is 18.4 Å². The van der Waals surface area contributed by atoms with Gasteiger partial charge in [-0.2, -0.15) is 0 Å². The summed E-state index contributed by atoms with van der Waals surface area (Å²) in [5.74, 6) is 0.525. The number of allylic oxidation sites excluding steroid dienone is 2. The monoisotopic (exact) mass is 250 g/mol. The highest BCUT2D eigenvalue weighted by atomic mass is 16.5. The third-order valence-electron chi connectivity index (χ3n) is 3.29. The van der Waals surface area contributed by atoms with Crippen LogP contribution in [-0.2, 0) is 14.3 Å². The van der Waals surface area contributed by atoms with Gasteiger partial charge in [0.05, 0.1) is 19.5 Å². The van der Waals surface area contributed by atoms with E-state index in [2.05, 4.69) is 13.2 Å². The summed E-state index contributed by atoms with van der Waals surface area (Å²) in [5, 5.41) is 0. The van der Waals surface area contributed by atoms with Crippen molar-refractivity contribution in [3.05, 3.63) is 37.6 Å². The lowest BCUT2D eigenvalue weighted by atomic mass is 9.80. The average molecular weight is 250 g/mol. The van der Waals surface area contributed by atoms with Crippen molar-refractivity contribution < 1.29 is 14.3 Å². The highest BCUT2D eigenvalue weighted by Gasteiger charge is 2.26. The molecule has 1 saturated carbocycles. The van der Waals surface area contributed by atoms with Crippen LogP contribution in [0.1, 0.15) is 25.7 Å². The molecule has 0 N–H and O–H groups in total. The van der Waals surface area contributed by atoms with Crippen LogP contribution in [0.25, 0.3) is 0 Å². The maximum Gasteiger partial charge on any atom is 0.330 e. The maximum atomic E-state index is 11.1. The summed E-state index contributed by atoms with van der Waals surface area (Å²) in [6, 6.07) is 0. The highest BCUT2D eigenvalue weighted by molar-refractivity contribution is 5.81. The first-order valence-corrected chi connectivity index (χ1v) is 6.46. The molecule has 0 bridgehead atoms. The van der Waals surface area contributed by atoms with Crippen molar-refractivity contribution in [3.63, 3.8) is 0 Å². The number of ether oxygens (including phenoxy) is 2. The van der Waals surface area contributed by atoms with Crippen molar-refractivity contribution >= 4 is 5.97 Å². The van der Waals surface area contributed by atoms with Gasteiger partial charge < -0.3 is 9.47 Å². The zero-order chi connectivity index (χ0) is 13.2. The minimum absolute atomic E-state index is 0.341. The second kappa shape index (κ2) is 8.56. The molecule has 0 amide bonds. The molecule has 1 aliphatic carbocycles. The number of esters is 1. The molecule has 1 rings (SSSR count). The summed E-state index contributed by atoms with van der Waals surface area (Å²) in [6.07, 6.45) is 11.0. The van der Waals surface area contributed by atoms with Gasteiger partial charge in [-0.05, 0) is 30.8 Å². The zero-order valence-electron chi connectivity index (χ0n) is 10.8. The molecule has 0 aromatic carbocycles. The van der Waals surface area contributed by atoms with E-state index in [0.717, 1.165) is 12.8 Å². The molecular weight excluding hydrogens is 228 g/mol. The van der Waals surface area contributed by atoms with E-state index in [4.69, 9.17) is 9.47 Å². The fraction of sp³-hybridized carbons (Fsp3) is 0.533. The third-order valence-corrected chi connectivity index (χ3v) is 3.29. The van der Waals surface area contributed by atoms with Crippen LogP contribution in [0, 0.1) is 11.8 Å². The molecule has 3 nitrogen and oxygen atoms in total. The predicted octanol–water partition coefficient (Wildman–Crippen LogP) is 3.24. The Hall–Kier alpha value is -1.51. The lowest BCUT2D eigenvalue weighted by Crippen LogP contribution is -2.28. The predicted molar refractivity (Wildman–Crippen MR) is 71.9 cm³/mol. The molecule has 0 aliphatic heterocycles. The second-order valence-corrected chi connectivity index (χ2v) is 4.54. The van der Waals surface area contributed by atoms with Gasteiger partial charge in [0.25, 0.3) is 0 Å². The van der Waals surface area contributed by atoms with Gasteiger partial charge in [-0.25, -0.2) is 4.79 Å². The second-order valence-electron chi connectivity index (χ2n) is 4.54. The highest BCUT2D eigenvalue weighted by Crippen LogP contribution is 2.30. The Morgan fingerprint density at radius 3 is 2.44 bits per heavy atom. The first-order chi connectivity index (χ1) is 8.77. The van der Waals surface area contributed by atoms with E-state index in [9.17, 15) is 4.79 Å². The SMILES string of the molecule is C=C/C=C/OCC1CCCCC1COC(=O)C=C. The maximum absolute atomic E-state index is 11.1. The molecule has 100 valence electrons. The molecule has 18 heavy (non-hydrogen) atoms. The molecule has 0 radical (unpaired) electrons. The summed E-state index contributed by atoms with van der Waals surface area (Å²) >= 11 is 0. The Bertz CT molecular complexity index is 307. The average Bonchev–Trinajstić information content (AvgIpc) is 2.42. The minimum atomic E-state index is -0.341. The quantitative estimate of drug-likeness (QED) is 0.301. The van der Waals surface area contributed by atoms with Gasteiger partial charge in [-0.3, -0.25) is 0 Å². The largest absolute Gasteiger partial charge is 0.501 e. The third kappa shape index (κ3) is 5.21. The normalized spacial score (nSPS) is 23.6. The Balaban J connectivity index is 2.36. The molecule has 0 aromatic heterocycles. The van der Waals surface area contributed by atoms with Crippen molar-refractivity contribution in [2.45, 2.75) is 25.7 Å². The summed E-state index contributed by atoms with van der Waals surface area (Å²) in [4.78, 5) is 11.1. The molecule has 1 fully saturated rings. The fourth-order valence-electron chi connectivity index (χ4n) is 2.26. The number of hydrogen-bond acceptors (Lipinski definition) is 3. The summed E-state index contributed by atoms with van der Waals surface area (Å²) < 4.78 is 10.6. The molecule has 0 aromatic rings. The van der Waals surface area contributed by atoms with E-state index in [1.807, 2.05) is 0 Å². The van der Waals surface area contributed by atoms with Gasteiger partial charge in [-0.1, -0.05) is 32.1 Å². The standard InChI is InChI=1S/C15H22O3/c1-3-5-10-17-11-13-8-6-7-9-14(13)12-18-15(16)4-2/h3-5,10,13-14H,1-2,6-9,11-12H2/b10-5+. The van der Waals surface area contributed by atoms with Crippen LogP contribution in [0.5, 0.6) is 0 Å². The molecular formula is C15H22O3. The van der Waals surface area contributed by atoms with Crippen molar-refractivity contribution in [3.8, 4) is 0 Å². The van der Waals surface area contributed by atoms with Gasteiger partial charge in [0.1, 0.15) is 0 Å². The van der Waals surface area contributed by atoms with E-state index in [0.29, 0.717) is 25.0 Å². The number of carbonyl (C=O) groups excluding carboxylic acids is 1. The van der Waals surface area contributed by atoms with Crippen molar-refractivity contribution in [1.82, 2.24) is 0 Å². The van der Waals surface area contributed by atoms with Crippen LogP contribution in [0.4, 0.5) is 0 Å². The molecule has 0 spiro atoms. The van der Waals surface area contributed by atoms with Gasteiger partial charge in [0.15, 0.2) is 0 Å². The van der Waals surface area contributed by atoms with E-state index in [1.165, 1.54) is 18.9 Å². The summed E-state index contributed by atoms with van der Waals surface area (Å²) in [7, 11) is 0. The molecule has 2 unspecified atom stereocenters. The Morgan fingerprint density at radius 1 is 1.17 bits per heavy atom. The van der Waals surface area contributed by atoms with E-state index in [-0.39, 0.29) is 5.97 Å². The topological polar surface area (TPSA) is 35.5 Å². The molecule has 2 atom stereocenters. The van der Waals surface area contributed by atoms with Crippen LogP contribution < -0.4 is 0 Å². The van der Waals surface area contributed by atoms with E-state index < -0.39 is 0 Å². The van der Waals surface area contributed by atoms with Crippen LogP contribution in [-0.4, -0.2) is 19.2 Å². The van der Waals surface area contributed by atoms with Crippen molar-refractivity contribution in [1.29, 1.82) is 0 Å². The summed E-state index contributed by atoms with van der Waals surface area (Å²) in [6.45, 7) is 8.14. The lowest BCUT2D eigenvalue weighted by molar-refractivity contribution is -0.140. The Labute approximate surface area is 109 Å². The first kappa shape index (κ1) is 14.6. The van der Waals surface area contributed by atoms with Gasteiger partial charge in [-0.15, -0.1) is 0 Å². The number of hydrogen-bond donors (Lipinski definition) is 0. The molecule has 0 heterocycles. The van der Waals surface area contributed by atoms with Crippen LogP contribution in [0.15, 0.2) is 37.6 Å². The van der Waals surface area contributed by atoms with Crippen LogP contribution >= 0.6 is 0 Å². The number of rotatable bonds is 7. The molecule has 3 heteroatoms. The lowest BCUT2D eigenvalue weighted by Gasteiger charge is -2.30. The first-order valence-electron chi connectivity index (χ1n) is 6.46. The van der Waals surface area contributed by atoms with Crippen LogP contribution in [0.3, 0.4) is 0 Å². The Morgan fingerprint density at radius 2 is 1.83 bits per heavy atom. The van der Waals surface area contributed by atoms with Gasteiger partial charge in [0.2, 0.25) is 0 Å². The van der Waals surface area contributed by atoms with Crippen molar-refractivity contribution in [2.24, 2.45) is 11.8 Å². The fourth-order valence-corrected chi connectivity index (χ4v) is 2.26. The van der Waals surface area contributed by atoms with Gasteiger partial charge >= 0.3 is 5.97 Å². The van der Waals surface area contributed by atoms with Crippen molar-refractivity contribution in [2.75, 3.05) is 13.2 Å². The smallest absolute Gasteiger partial charge is 0.330 e. The zero-order valence-corrected chi connectivity index (χ0v) is 10.8. The molecule has 1 aliphatic rings. The van der Waals surface area contributed by atoms with E-state index >= 15 is 0 Å². The minimum Gasteiger partial charge on any atom is -0.501 e. The van der Waals surface area contributed by atoms with Gasteiger partial charge in [0, 0.05) is 6.08 Å². The summed E-state index contributed by atoms with van der Waals surface area (Å²) in [5.41, 5.74) is 0. The number of carbonyl (C=O) groups is 1. The van der Waals surface area contributed by atoms with Crippen LogP contribution in [0.2, 0.25) is 0 Å². The molecule has 0 saturated heterocycles.